The van der Waals surface area contributed by atoms with Gasteiger partial charge in [-0.15, -0.1) is 11.3 Å². The van der Waals surface area contributed by atoms with Gasteiger partial charge < -0.3 is 15.7 Å². The highest BCUT2D eigenvalue weighted by atomic mass is 32.1. The third-order valence-corrected chi connectivity index (χ3v) is 4.29. The van der Waals surface area contributed by atoms with Gasteiger partial charge in [-0.25, -0.2) is 14.6 Å². The summed E-state index contributed by atoms with van der Waals surface area (Å²) < 4.78 is 0. The van der Waals surface area contributed by atoms with Crippen molar-refractivity contribution in [1.82, 2.24) is 15.6 Å². The van der Waals surface area contributed by atoms with Crippen LogP contribution in [0.3, 0.4) is 0 Å². The van der Waals surface area contributed by atoms with Gasteiger partial charge in [-0.3, -0.25) is 0 Å². The number of aromatic carboxylic acids is 1. The number of aromatic nitrogens is 1. The van der Waals surface area contributed by atoms with Crippen molar-refractivity contribution < 1.29 is 14.7 Å². The Bertz CT molecular complexity index is 483. The number of urea groups is 1. The van der Waals surface area contributed by atoms with Crippen LogP contribution in [0.5, 0.6) is 0 Å². The third kappa shape index (κ3) is 4.80. The van der Waals surface area contributed by atoms with E-state index < -0.39 is 5.97 Å². The molecule has 0 aromatic carbocycles. The second-order valence-electron chi connectivity index (χ2n) is 5.61. The summed E-state index contributed by atoms with van der Waals surface area (Å²) in [6, 6.07) is -0.272. The number of carboxylic acids is 1. The lowest BCUT2D eigenvalue weighted by Gasteiger charge is -2.29. The van der Waals surface area contributed by atoms with E-state index in [1.165, 1.54) is 16.7 Å². The summed E-state index contributed by atoms with van der Waals surface area (Å²) in [5.41, 5.74) is 0.0304. The van der Waals surface area contributed by atoms with Crippen molar-refractivity contribution >= 4 is 23.3 Å². The molecule has 112 valence electrons. The first-order valence-corrected chi connectivity index (χ1v) is 7.29. The second-order valence-corrected chi connectivity index (χ2v) is 6.55. The maximum absolute atomic E-state index is 11.7. The largest absolute Gasteiger partial charge is 0.476 e. The monoisotopic (exact) mass is 299 g/mol. The Labute approximate surface area is 122 Å². The molecule has 1 aromatic rings. The van der Waals surface area contributed by atoms with E-state index in [0.717, 1.165) is 0 Å². The fraction of sp³-hybridized carbons (Fsp3) is 0.615. The molecule has 0 aliphatic carbocycles. The topological polar surface area (TPSA) is 91.3 Å². The molecule has 0 radical (unpaired) electrons. The smallest absolute Gasteiger partial charge is 0.355 e. The average Bonchev–Trinajstić information content (AvgIpc) is 2.82. The van der Waals surface area contributed by atoms with Crippen molar-refractivity contribution in [2.24, 2.45) is 11.3 Å². The van der Waals surface area contributed by atoms with Crippen LogP contribution in [0, 0.1) is 11.3 Å². The van der Waals surface area contributed by atoms with Crippen molar-refractivity contribution in [2.75, 3.05) is 6.54 Å². The van der Waals surface area contributed by atoms with Crippen molar-refractivity contribution in [3.8, 4) is 0 Å². The summed E-state index contributed by atoms with van der Waals surface area (Å²) in [7, 11) is 0. The van der Waals surface area contributed by atoms with Crippen LogP contribution in [0.4, 0.5) is 4.79 Å². The third-order valence-electron chi connectivity index (χ3n) is 3.44. The van der Waals surface area contributed by atoms with Gasteiger partial charge in [-0.2, -0.15) is 0 Å². The number of amides is 2. The van der Waals surface area contributed by atoms with Crippen LogP contribution in [-0.2, 0) is 6.54 Å². The van der Waals surface area contributed by atoms with E-state index in [4.69, 9.17) is 5.11 Å². The van der Waals surface area contributed by atoms with Crippen LogP contribution in [0.2, 0.25) is 0 Å². The van der Waals surface area contributed by atoms with Gasteiger partial charge in [0.15, 0.2) is 5.69 Å². The molecular weight excluding hydrogens is 278 g/mol. The number of carbonyl (C=O) groups is 2. The summed E-state index contributed by atoms with van der Waals surface area (Å²) in [6.45, 7) is 9.22. The molecule has 0 spiro atoms. The molecule has 2 amide bonds. The molecule has 0 aliphatic heterocycles. The Morgan fingerprint density at radius 2 is 2.05 bits per heavy atom. The average molecular weight is 299 g/mol. The molecule has 0 saturated heterocycles. The minimum atomic E-state index is -1.06. The second kappa shape index (κ2) is 6.69. The SMILES string of the molecule is CC(C)C(C)(C)CNC(=O)NCc1nc(C(=O)O)cs1. The van der Waals surface area contributed by atoms with E-state index in [1.54, 1.807) is 0 Å². The summed E-state index contributed by atoms with van der Waals surface area (Å²) in [5, 5.41) is 16.3. The Hall–Kier alpha value is -1.63. The van der Waals surface area contributed by atoms with Crippen molar-refractivity contribution in [3.05, 3.63) is 16.1 Å². The number of nitrogens with zero attached hydrogens (tertiary/aromatic N) is 1. The summed E-state index contributed by atoms with van der Waals surface area (Å²) in [5.74, 6) is -0.601. The fourth-order valence-corrected chi connectivity index (χ4v) is 1.93. The Morgan fingerprint density at radius 1 is 1.40 bits per heavy atom. The van der Waals surface area contributed by atoms with Crippen molar-refractivity contribution in [1.29, 1.82) is 0 Å². The molecule has 20 heavy (non-hydrogen) atoms. The highest BCUT2D eigenvalue weighted by molar-refractivity contribution is 7.09. The molecule has 3 N–H and O–H groups in total. The standard InChI is InChI=1S/C13H21N3O3S/c1-8(2)13(3,4)7-15-12(19)14-5-10-16-9(6-20-10)11(17)18/h6,8H,5,7H2,1-4H3,(H,17,18)(H2,14,15,19). The number of carboxylic acid groups (broad SMARTS) is 1. The van der Waals surface area contributed by atoms with Crippen LogP contribution in [0.1, 0.15) is 43.2 Å². The summed E-state index contributed by atoms with van der Waals surface area (Å²) >= 11 is 1.21. The number of rotatable bonds is 6. The van der Waals surface area contributed by atoms with Crippen LogP contribution in [0.15, 0.2) is 5.38 Å². The Balaban J connectivity index is 2.38. The lowest BCUT2D eigenvalue weighted by atomic mass is 9.81. The molecule has 1 rings (SSSR count). The van der Waals surface area contributed by atoms with Gasteiger partial charge in [0, 0.05) is 11.9 Å². The fourth-order valence-electron chi connectivity index (χ4n) is 1.22. The first-order valence-electron chi connectivity index (χ1n) is 6.42. The van der Waals surface area contributed by atoms with Crippen molar-refractivity contribution in [2.45, 2.75) is 34.2 Å². The van der Waals surface area contributed by atoms with Crippen LogP contribution >= 0.6 is 11.3 Å². The lowest BCUT2D eigenvalue weighted by Crippen LogP contribution is -2.42. The zero-order valence-electron chi connectivity index (χ0n) is 12.2. The van der Waals surface area contributed by atoms with Crippen LogP contribution in [-0.4, -0.2) is 28.6 Å². The van der Waals surface area contributed by atoms with Gasteiger partial charge in [-0.05, 0) is 11.3 Å². The predicted octanol–water partition coefficient (Wildman–Crippen LogP) is 2.32. The van der Waals surface area contributed by atoms with Crippen LogP contribution < -0.4 is 10.6 Å². The highest BCUT2D eigenvalue weighted by Gasteiger charge is 2.22. The molecule has 6 nitrogen and oxygen atoms in total. The van der Waals surface area contributed by atoms with Crippen molar-refractivity contribution in [3.63, 3.8) is 0 Å². The molecule has 0 atom stereocenters. The predicted molar refractivity (Wildman–Crippen MR) is 77.9 cm³/mol. The molecule has 1 aromatic heterocycles. The molecule has 0 aliphatic rings. The number of hydrogen-bond acceptors (Lipinski definition) is 4. The summed E-state index contributed by atoms with van der Waals surface area (Å²) in [6.07, 6.45) is 0. The van der Waals surface area contributed by atoms with E-state index in [0.29, 0.717) is 17.5 Å². The number of thiazole rings is 1. The summed E-state index contributed by atoms with van der Waals surface area (Å²) in [4.78, 5) is 26.2. The molecule has 0 fully saturated rings. The van der Waals surface area contributed by atoms with Gasteiger partial charge in [0.05, 0.1) is 6.54 Å². The van der Waals surface area contributed by atoms with Gasteiger partial charge in [-0.1, -0.05) is 27.7 Å². The van der Waals surface area contributed by atoms with E-state index in [2.05, 4.69) is 43.3 Å². The maximum Gasteiger partial charge on any atom is 0.355 e. The zero-order valence-corrected chi connectivity index (χ0v) is 13.0. The number of hydrogen-bond donors (Lipinski definition) is 3. The molecule has 0 saturated carbocycles. The van der Waals surface area contributed by atoms with Gasteiger partial charge >= 0.3 is 12.0 Å². The van der Waals surface area contributed by atoms with E-state index in [-0.39, 0.29) is 23.7 Å². The number of carbonyl (C=O) groups excluding carboxylic acids is 1. The molecular formula is C13H21N3O3S. The minimum Gasteiger partial charge on any atom is -0.476 e. The molecule has 1 heterocycles. The van der Waals surface area contributed by atoms with Crippen LogP contribution in [0.25, 0.3) is 0 Å². The molecule has 0 unspecified atom stereocenters. The number of nitrogens with one attached hydrogen (secondary N) is 2. The normalized spacial score (nSPS) is 11.4. The lowest BCUT2D eigenvalue weighted by molar-refractivity contribution is 0.0691. The zero-order chi connectivity index (χ0) is 15.3. The first-order chi connectivity index (χ1) is 9.22. The highest BCUT2D eigenvalue weighted by Crippen LogP contribution is 2.24. The quantitative estimate of drug-likeness (QED) is 0.751. The van der Waals surface area contributed by atoms with E-state index >= 15 is 0 Å². The molecule has 0 bridgehead atoms. The van der Waals surface area contributed by atoms with Gasteiger partial charge in [0.1, 0.15) is 5.01 Å². The van der Waals surface area contributed by atoms with Gasteiger partial charge in [0.2, 0.25) is 0 Å². The maximum atomic E-state index is 11.7. The Kier molecular flexibility index (Phi) is 5.50. The van der Waals surface area contributed by atoms with E-state index in [9.17, 15) is 9.59 Å². The van der Waals surface area contributed by atoms with Gasteiger partial charge in [0.25, 0.3) is 0 Å². The molecule has 7 heteroatoms. The van der Waals surface area contributed by atoms with E-state index in [1.807, 2.05) is 0 Å². The Morgan fingerprint density at radius 3 is 2.55 bits per heavy atom. The first kappa shape index (κ1) is 16.4. The minimum absolute atomic E-state index is 0.00755.